The summed E-state index contributed by atoms with van der Waals surface area (Å²) in [5.41, 5.74) is 1.15. The molecule has 0 saturated carbocycles. The Labute approximate surface area is 161 Å². The van der Waals surface area contributed by atoms with Crippen molar-refractivity contribution in [1.82, 2.24) is 9.78 Å². The summed E-state index contributed by atoms with van der Waals surface area (Å²) in [6, 6.07) is 16.2. The van der Waals surface area contributed by atoms with Gasteiger partial charge in [0.15, 0.2) is 5.82 Å². The lowest BCUT2D eigenvalue weighted by Crippen LogP contribution is -2.34. The van der Waals surface area contributed by atoms with Crippen molar-refractivity contribution < 1.29 is 14.3 Å². The Balaban J connectivity index is 1.30. The largest absolute Gasteiger partial charge is 0.373 e. The zero-order valence-electron chi connectivity index (χ0n) is 15.2. The van der Waals surface area contributed by atoms with Crippen LogP contribution in [0.1, 0.15) is 18.4 Å². The molecule has 2 aromatic carbocycles. The van der Waals surface area contributed by atoms with E-state index >= 15 is 0 Å². The fourth-order valence-electron chi connectivity index (χ4n) is 5.10. The summed E-state index contributed by atoms with van der Waals surface area (Å²) in [6.07, 6.45) is 3.36. The van der Waals surface area contributed by atoms with Gasteiger partial charge in [-0.05, 0) is 29.2 Å². The smallest absolute Gasteiger partial charge is 0.241 e. The van der Waals surface area contributed by atoms with E-state index in [1.54, 1.807) is 10.7 Å². The Morgan fingerprint density at radius 2 is 1.64 bits per heavy atom. The summed E-state index contributed by atoms with van der Waals surface area (Å²) >= 11 is 0. The van der Waals surface area contributed by atoms with Crippen LogP contribution < -0.4 is 4.90 Å². The van der Waals surface area contributed by atoms with Gasteiger partial charge >= 0.3 is 0 Å². The number of hydrogen-bond acceptors (Lipinski definition) is 4. The van der Waals surface area contributed by atoms with Gasteiger partial charge in [-0.1, -0.05) is 42.5 Å². The molecule has 3 aliphatic rings. The summed E-state index contributed by atoms with van der Waals surface area (Å²) in [5.74, 6) is -0.539. The molecule has 2 amide bonds. The first-order valence-corrected chi connectivity index (χ1v) is 9.74. The zero-order valence-corrected chi connectivity index (χ0v) is 15.2. The average Bonchev–Trinajstić information content (AvgIpc) is 3.47. The van der Waals surface area contributed by atoms with Gasteiger partial charge in [0.25, 0.3) is 0 Å². The summed E-state index contributed by atoms with van der Waals surface area (Å²) in [7, 11) is 0. The first-order chi connectivity index (χ1) is 13.7. The average molecular weight is 373 g/mol. The second-order valence-electron chi connectivity index (χ2n) is 7.86. The van der Waals surface area contributed by atoms with Crippen LogP contribution in [0.4, 0.5) is 5.82 Å². The van der Waals surface area contributed by atoms with Crippen LogP contribution in [0.25, 0.3) is 10.8 Å². The predicted molar refractivity (Wildman–Crippen MR) is 103 cm³/mol. The molecule has 0 N–H and O–H groups in total. The number of ether oxygens (including phenoxy) is 1. The number of aromatic nitrogens is 2. The molecule has 2 bridgehead atoms. The molecule has 0 unspecified atom stereocenters. The van der Waals surface area contributed by atoms with Crippen LogP contribution in [0, 0.1) is 11.8 Å². The third-order valence-corrected chi connectivity index (χ3v) is 6.35. The lowest BCUT2D eigenvalue weighted by Gasteiger charge is -2.15. The number of hydrogen-bond donors (Lipinski definition) is 0. The number of anilines is 1. The van der Waals surface area contributed by atoms with Crippen LogP contribution in [0.3, 0.4) is 0 Å². The van der Waals surface area contributed by atoms with Crippen LogP contribution >= 0.6 is 0 Å². The number of imide groups is 1. The number of benzene rings is 2. The lowest BCUT2D eigenvalue weighted by atomic mass is 9.81. The predicted octanol–water partition coefficient (Wildman–Crippen LogP) is 2.75. The second-order valence-corrected chi connectivity index (χ2v) is 7.86. The van der Waals surface area contributed by atoms with Crippen molar-refractivity contribution in [3.8, 4) is 0 Å². The molecule has 3 saturated heterocycles. The van der Waals surface area contributed by atoms with Crippen molar-refractivity contribution in [3.05, 3.63) is 60.3 Å². The fraction of sp³-hybridized carbons (Fsp3) is 0.318. The van der Waals surface area contributed by atoms with Crippen LogP contribution in [-0.4, -0.2) is 33.8 Å². The minimum Gasteiger partial charge on any atom is -0.373 e. The number of carbonyl (C=O) groups excluding carboxylic acids is 2. The first-order valence-electron chi connectivity index (χ1n) is 9.74. The standard InChI is InChI=1S/C22H19N3O3/c26-21-19-16-8-9-17(28-16)20(19)22(27)25(21)18-10-11-24(23-18)12-14-6-3-5-13-4-1-2-7-15(13)14/h1-7,10-11,16-17,19-20H,8-9,12H2/t16-,17-,19-,20+/m1/s1. The van der Waals surface area contributed by atoms with Gasteiger partial charge < -0.3 is 4.74 Å². The molecule has 0 radical (unpaired) electrons. The molecule has 28 heavy (non-hydrogen) atoms. The second kappa shape index (κ2) is 5.75. The lowest BCUT2D eigenvalue weighted by molar-refractivity contribution is -0.124. The maximum Gasteiger partial charge on any atom is 0.241 e. The molecule has 1 aromatic heterocycles. The minimum atomic E-state index is -0.325. The van der Waals surface area contributed by atoms with Crippen LogP contribution in [-0.2, 0) is 20.9 Å². The van der Waals surface area contributed by atoms with Gasteiger partial charge in [0, 0.05) is 12.3 Å². The highest BCUT2D eigenvalue weighted by Gasteiger charge is 2.63. The maximum absolute atomic E-state index is 12.9. The van der Waals surface area contributed by atoms with Crippen molar-refractivity contribution in [2.75, 3.05) is 4.90 Å². The summed E-state index contributed by atoms with van der Waals surface area (Å²) in [5, 5.41) is 6.91. The molecule has 140 valence electrons. The van der Waals surface area contributed by atoms with Gasteiger partial charge in [-0.2, -0.15) is 5.10 Å². The molecule has 0 aliphatic carbocycles. The van der Waals surface area contributed by atoms with Crippen molar-refractivity contribution >= 4 is 28.4 Å². The van der Waals surface area contributed by atoms with Gasteiger partial charge in [-0.15, -0.1) is 0 Å². The highest BCUT2D eigenvalue weighted by atomic mass is 16.5. The van der Waals surface area contributed by atoms with Crippen molar-refractivity contribution in [1.29, 1.82) is 0 Å². The molecule has 3 aromatic rings. The van der Waals surface area contributed by atoms with E-state index in [4.69, 9.17) is 4.74 Å². The molecule has 3 aliphatic heterocycles. The number of rotatable bonds is 3. The number of nitrogens with zero attached hydrogens (tertiary/aromatic N) is 3. The van der Waals surface area contributed by atoms with Gasteiger partial charge in [0.2, 0.25) is 11.8 Å². The highest BCUT2D eigenvalue weighted by Crippen LogP contribution is 2.49. The van der Waals surface area contributed by atoms with E-state index in [0.717, 1.165) is 18.4 Å². The number of amides is 2. The molecule has 3 fully saturated rings. The molecule has 6 heteroatoms. The minimum absolute atomic E-state index is 0.103. The summed E-state index contributed by atoms with van der Waals surface area (Å²) in [6.45, 7) is 0.582. The van der Waals surface area contributed by atoms with E-state index < -0.39 is 0 Å². The van der Waals surface area contributed by atoms with Crippen molar-refractivity contribution in [2.45, 2.75) is 31.6 Å². The van der Waals surface area contributed by atoms with E-state index in [1.807, 2.05) is 24.4 Å². The SMILES string of the molecule is O=C1[C@@H]2[C@H](C(=O)N1c1ccn(Cc3cccc4ccccc34)n1)[C@H]1CC[C@H]2O1. The number of carbonyl (C=O) groups is 2. The third-order valence-electron chi connectivity index (χ3n) is 6.35. The number of fused-ring (bicyclic) bond motifs is 6. The Kier molecular flexibility index (Phi) is 3.29. The zero-order chi connectivity index (χ0) is 18.8. The van der Waals surface area contributed by atoms with Crippen molar-refractivity contribution in [2.24, 2.45) is 11.8 Å². The normalized spacial score (nSPS) is 28.5. The Morgan fingerprint density at radius 3 is 2.43 bits per heavy atom. The van der Waals surface area contributed by atoms with Crippen LogP contribution in [0.15, 0.2) is 54.7 Å². The Bertz CT molecular complexity index is 1090. The molecular formula is C22H19N3O3. The first kappa shape index (κ1) is 16.0. The summed E-state index contributed by atoms with van der Waals surface area (Å²) < 4.78 is 7.58. The van der Waals surface area contributed by atoms with E-state index in [2.05, 4.69) is 29.4 Å². The van der Waals surface area contributed by atoms with Gasteiger partial charge in [0.05, 0.1) is 30.6 Å². The van der Waals surface area contributed by atoms with Gasteiger partial charge in [-0.25, -0.2) is 4.90 Å². The molecule has 0 spiro atoms. The summed E-state index contributed by atoms with van der Waals surface area (Å²) in [4.78, 5) is 27.1. The van der Waals surface area contributed by atoms with E-state index in [0.29, 0.717) is 12.4 Å². The Morgan fingerprint density at radius 1 is 0.929 bits per heavy atom. The third kappa shape index (κ3) is 2.15. The van der Waals surface area contributed by atoms with Gasteiger partial charge in [-0.3, -0.25) is 14.3 Å². The topological polar surface area (TPSA) is 64.4 Å². The molecule has 4 heterocycles. The van der Waals surface area contributed by atoms with E-state index in [-0.39, 0.29) is 35.9 Å². The maximum atomic E-state index is 12.9. The molecular weight excluding hydrogens is 354 g/mol. The molecule has 4 atom stereocenters. The van der Waals surface area contributed by atoms with E-state index in [9.17, 15) is 9.59 Å². The fourth-order valence-corrected chi connectivity index (χ4v) is 5.10. The van der Waals surface area contributed by atoms with Crippen molar-refractivity contribution in [3.63, 3.8) is 0 Å². The van der Waals surface area contributed by atoms with E-state index in [1.165, 1.54) is 15.7 Å². The quantitative estimate of drug-likeness (QED) is 0.662. The highest BCUT2D eigenvalue weighted by molar-refractivity contribution is 6.22. The molecule has 6 rings (SSSR count). The van der Waals surface area contributed by atoms with Crippen LogP contribution in [0.5, 0.6) is 0 Å². The van der Waals surface area contributed by atoms with Gasteiger partial charge in [0.1, 0.15) is 0 Å². The molecule has 6 nitrogen and oxygen atoms in total. The Hall–Kier alpha value is -2.99. The van der Waals surface area contributed by atoms with Crippen LogP contribution in [0.2, 0.25) is 0 Å². The monoisotopic (exact) mass is 373 g/mol.